The van der Waals surface area contributed by atoms with E-state index in [2.05, 4.69) is 25.6 Å². The van der Waals surface area contributed by atoms with Crippen LogP contribution in [0.3, 0.4) is 0 Å². The Morgan fingerprint density at radius 3 is 2.73 bits per heavy atom. The summed E-state index contributed by atoms with van der Waals surface area (Å²) in [5.41, 5.74) is 3.06. The van der Waals surface area contributed by atoms with Gasteiger partial charge in [-0.25, -0.2) is 19.0 Å². The molecule has 1 aromatic carbocycles. The number of hydrogen-bond acceptors (Lipinski definition) is 6. The summed E-state index contributed by atoms with van der Waals surface area (Å²) >= 11 is 1.16. The third-order valence-electron chi connectivity index (χ3n) is 4.91. The summed E-state index contributed by atoms with van der Waals surface area (Å²) in [6.07, 6.45) is 3.12. The Kier molecular flexibility index (Phi) is 5.32. The molecule has 1 unspecified atom stereocenters. The van der Waals surface area contributed by atoms with Crippen molar-refractivity contribution in [2.24, 2.45) is 0 Å². The Bertz CT molecular complexity index is 1240. The van der Waals surface area contributed by atoms with Gasteiger partial charge in [0.25, 0.3) is 5.91 Å². The standard InChI is InChI=1S/C20H21N7O2S/c1-12-16(10-22-25-12)9-21-18(28)17-13(2)24-19(30-17)26-11-23-27(20(26)29)14(3)15-7-5-4-6-8-15/h4-8,10-11,14H,9H2,1-3H3,(H,21,28)(H,22,25). The molecule has 0 radical (unpaired) electrons. The van der Waals surface area contributed by atoms with Gasteiger partial charge in [-0.15, -0.1) is 0 Å². The Morgan fingerprint density at radius 1 is 1.27 bits per heavy atom. The van der Waals surface area contributed by atoms with E-state index < -0.39 is 0 Å². The van der Waals surface area contributed by atoms with Gasteiger partial charge in [0.05, 0.1) is 17.9 Å². The van der Waals surface area contributed by atoms with Crippen LogP contribution in [-0.2, 0) is 6.54 Å². The molecule has 0 aliphatic rings. The van der Waals surface area contributed by atoms with E-state index in [0.717, 1.165) is 28.2 Å². The van der Waals surface area contributed by atoms with Crippen LogP contribution in [-0.4, -0.2) is 35.4 Å². The highest BCUT2D eigenvalue weighted by Crippen LogP contribution is 2.21. The molecule has 0 aliphatic carbocycles. The van der Waals surface area contributed by atoms with Crippen molar-refractivity contribution in [3.05, 3.63) is 80.7 Å². The van der Waals surface area contributed by atoms with Crippen LogP contribution in [0, 0.1) is 13.8 Å². The lowest BCUT2D eigenvalue weighted by Gasteiger charge is -2.10. The van der Waals surface area contributed by atoms with Crippen molar-refractivity contribution in [1.82, 2.24) is 34.8 Å². The Hall–Kier alpha value is -3.53. The number of aromatic amines is 1. The normalized spacial score (nSPS) is 12.1. The lowest BCUT2D eigenvalue weighted by molar-refractivity contribution is 0.0954. The summed E-state index contributed by atoms with van der Waals surface area (Å²) in [6.45, 7) is 5.92. The molecular weight excluding hydrogens is 402 g/mol. The summed E-state index contributed by atoms with van der Waals surface area (Å²) in [4.78, 5) is 30.4. The van der Waals surface area contributed by atoms with Gasteiger partial charge in [-0.2, -0.15) is 10.2 Å². The highest BCUT2D eigenvalue weighted by atomic mass is 32.1. The second-order valence-corrected chi connectivity index (χ2v) is 7.91. The molecule has 0 fully saturated rings. The van der Waals surface area contributed by atoms with Gasteiger partial charge in [-0.05, 0) is 26.3 Å². The minimum Gasteiger partial charge on any atom is -0.347 e. The first-order valence-electron chi connectivity index (χ1n) is 9.41. The first-order valence-corrected chi connectivity index (χ1v) is 10.2. The fourth-order valence-corrected chi connectivity index (χ4v) is 4.04. The first-order chi connectivity index (χ1) is 14.5. The summed E-state index contributed by atoms with van der Waals surface area (Å²) in [7, 11) is 0. The molecule has 30 heavy (non-hydrogen) atoms. The molecule has 4 aromatic rings. The Balaban J connectivity index is 1.56. The molecule has 0 bridgehead atoms. The van der Waals surface area contributed by atoms with Gasteiger partial charge >= 0.3 is 5.69 Å². The molecule has 9 nitrogen and oxygen atoms in total. The minimum atomic E-state index is -0.305. The fraction of sp³-hybridized carbons (Fsp3) is 0.250. The maximum atomic E-state index is 12.9. The van der Waals surface area contributed by atoms with Gasteiger partial charge in [0, 0.05) is 17.8 Å². The number of carbonyl (C=O) groups excluding carboxylic acids is 1. The van der Waals surface area contributed by atoms with Crippen LogP contribution in [0.4, 0.5) is 0 Å². The van der Waals surface area contributed by atoms with Crippen molar-refractivity contribution in [2.45, 2.75) is 33.4 Å². The van der Waals surface area contributed by atoms with E-state index in [1.165, 1.54) is 15.6 Å². The topological polar surface area (TPSA) is 110 Å². The molecule has 1 amide bonds. The average molecular weight is 424 g/mol. The van der Waals surface area contributed by atoms with Crippen LogP contribution < -0.4 is 11.0 Å². The number of nitrogens with zero attached hydrogens (tertiary/aromatic N) is 5. The minimum absolute atomic E-state index is 0.220. The summed E-state index contributed by atoms with van der Waals surface area (Å²) < 4.78 is 2.78. The summed E-state index contributed by atoms with van der Waals surface area (Å²) in [5.74, 6) is -0.241. The maximum Gasteiger partial charge on any atom is 0.352 e. The van der Waals surface area contributed by atoms with Crippen molar-refractivity contribution >= 4 is 17.2 Å². The number of nitrogens with one attached hydrogen (secondary N) is 2. The number of amides is 1. The number of thiazole rings is 1. The number of aryl methyl sites for hydroxylation is 2. The maximum absolute atomic E-state index is 12.9. The highest BCUT2D eigenvalue weighted by Gasteiger charge is 2.20. The van der Waals surface area contributed by atoms with Crippen LogP contribution >= 0.6 is 11.3 Å². The predicted octanol–water partition coefficient (Wildman–Crippen LogP) is 2.37. The zero-order valence-corrected chi connectivity index (χ0v) is 17.6. The average Bonchev–Trinajstić information content (AvgIpc) is 3.44. The second kappa shape index (κ2) is 8.07. The van der Waals surface area contributed by atoms with Crippen LogP contribution in [0.25, 0.3) is 5.13 Å². The lowest BCUT2D eigenvalue weighted by atomic mass is 10.1. The molecule has 154 valence electrons. The molecular formula is C20H21N7O2S. The van der Waals surface area contributed by atoms with Crippen LogP contribution in [0.2, 0.25) is 0 Å². The van der Waals surface area contributed by atoms with Crippen molar-refractivity contribution < 1.29 is 4.79 Å². The van der Waals surface area contributed by atoms with E-state index in [1.807, 2.05) is 44.2 Å². The quantitative estimate of drug-likeness (QED) is 0.495. The monoisotopic (exact) mass is 423 g/mol. The van der Waals surface area contributed by atoms with Gasteiger partial charge in [-0.3, -0.25) is 9.89 Å². The first kappa shape index (κ1) is 19.8. The van der Waals surface area contributed by atoms with Gasteiger partial charge < -0.3 is 5.32 Å². The molecule has 2 N–H and O–H groups in total. The molecule has 0 aliphatic heterocycles. The van der Waals surface area contributed by atoms with Gasteiger partial charge in [0.15, 0.2) is 5.13 Å². The summed E-state index contributed by atoms with van der Waals surface area (Å²) in [6, 6.07) is 9.46. The van der Waals surface area contributed by atoms with Crippen molar-refractivity contribution in [1.29, 1.82) is 0 Å². The van der Waals surface area contributed by atoms with Crippen LogP contribution in [0.15, 0.2) is 47.7 Å². The molecule has 1 atom stereocenters. The zero-order chi connectivity index (χ0) is 21.3. The number of benzene rings is 1. The SMILES string of the molecule is Cc1nc(-n2cnn(C(C)c3ccccc3)c2=O)sc1C(=O)NCc1cn[nH]c1C. The Morgan fingerprint density at radius 2 is 2.03 bits per heavy atom. The largest absolute Gasteiger partial charge is 0.352 e. The third-order valence-corrected chi connectivity index (χ3v) is 6.07. The number of hydrogen-bond donors (Lipinski definition) is 2. The Labute approximate surface area is 176 Å². The number of rotatable bonds is 6. The van der Waals surface area contributed by atoms with Crippen molar-refractivity contribution in [3.63, 3.8) is 0 Å². The van der Waals surface area contributed by atoms with Gasteiger partial charge in [-0.1, -0.05) is 41.7 Å². The number of H-pyrrole nitrogens is 1. The molecule has 0 spiro atoms. The van der Waals surface area contributed by atoms with Crippen molar-refractivity contribution in [2.75, 3.05) is 0 Å². The molecule has 3 heterocycles. The number of carbonyl (C=O) groups is 1. The zero-order valence-electron chi connectivity index (χ0n) is 16.8. The smallest absolute Gasteiger partial charge is 0.347 e. The molecule has 0 saturated heterocycles. The number of aromatic nitrogens is 6. The molecule has 3 aromatic heterocycles. The van der Waals surface area contributed by atoms with E-state index in [1.54, 1.807) is 13.1 Å². The second-order valence-electron chi connectivity index (χ2n) is 6.93. The van der Waals surface area contributed by atoms with E-state index >= 15 is 0 Å². The summed E-state index contributed by atoms with van der Waals surface area (Å²) in [5, 5.41) is 14.3. The van der Waals surface area contributed by atoms with Crippen LogP contribution in [0.1, 0.15) is 45.2 Å². The fourth-order valence-electron chi connectivity index (χ4n) is 3.09. The van der Waals surface area contributed by atoms with Gasteiger partial charge in [0.1, 0.15) is 11.2 Å². The third kappa shape index (κ3) is 3.69. The lowest BCUT2D eigenvalue weighted by Crippen LogP contribution is -2.26. The van der Waals surface area contributed by atoms with Gasteiger partial charge in [0.2, 0.25) is 0 Å². The predicted molar refractivity (Wildman–Crippen MR) is 113 cm³/mol. The van der Waals surface area contributed by atoms with Crippen molar-refractivity contribution in [3.8, 4) is 5.13 Å². The molecule has 10 heteroatoms. The molecule has 4 rings (SSSR count). The van der Waals surface area contributed by atoms with E-state index in [4.69, 9.17) is 0 Å². The highest BCUT2D eigenvalue weighted by molar-refractivity contribution is 7.16. The van der Waals surface area contributed by atoms with E-state index in [9.17, 15) is 9.59 Å². The van der Waals surface area contributed by atoms with Crippen LogP contribution in [0.5, 0.6) is 0 Å². The van der Waals surface area contributed by atoms with E-state index in [0.29, 0.717) is 22.2 Å². The van der Waals surface area contributed by atoms with E-state index in [-0.39, 0.29) is 17.6 Å². The molecule has 0 saturated carbocycles.